The Morgan fingerprint density at radius 1 is 1.17 bits per heavy atom. The van der Waals surface area contributed by atoms with Crippen molar-refractivity contribution < 1.29 is 9.37 Å². The number of benzene rings is 1. The molecule has 0 spiro atoms. The van der Waals surface area contributed by atoms with Gasteiger partial charge < -0.3 is 4.74 Å². The predicted octanol–water partition coefficient (Wildman–Crippen LogP) is 2.60. The van der Waals surface area contributed by atoms with E-state index in [4.69, 9.17) is 9.37 Å². The third kappa shape index (κ3) is 1.60. The van der Waals surface area contributed by atoms with Crippen molar-refractivity contribution in [3.05, 3.63) is 36.0 Å². The van der Waals surface area contributed by atoms with Crippen LogP contribution in [0.1, 0.15) is 5.56 Å². The molecule has 0 unspecified atom stereocenters. The van der Waals surface area contributed by atoms with Gasteiger partial charge in [0, 0.05) is 23.4 Å². The Labute approximate surface area is 103 Å². The molecule has 0 aliphatic carbocycles. The van der Waals surface area contributed by atoms with E-state index in [0.717, 1.165) is 27.7 Å². The van der Waals surface area contributed by atoms with Gasteiger partial charge in [-0.1, -0.05) is 12.1 Å². The van der Waals surface area contributed by atoms with Crippen LogP contribution in [0.2, 0.25) is 0 Å². The molecule has 90 valence electrons. The Morgan fingerprint density at radius 3 is 2.83 bits per heavy atom. The maximum Gasteiger partial charge on any atom is 0.213 e. The molecule has 0 fully saturated rings. The number of hydrogen-bond donors (Lipinski definition) is 0. The van der Waals surface area contributed by atoms with Crippen LogP contribution in [0.4, 0.5) is 0 Å². The van der Waals surface area contributed by atoms with Gasteiger partial charge in [0.05, 0.1) is 7.11 Å². The molecule has 18 heavy (non-hydrogen) atoms. The summed E-state index contributed by atoms with van der Waals surface area (Å²) in [6.45, 7) is 2.01. The first-order valence-corrected chi connectivity index (χ1v) is 5.52. The van der Waals surface area contributed by atoms with Gasteiger partial charge in [-0.2, -0.15) is 0 Å². The van der Waals surface area contributed by atoms with Crippen LogP contribution >= 0.6 is 0 Å². The van der Waals surface area contributed by atoms with E-state index in [-0.39, 0.29) is 0 Å². The fraction of sp³-hybridized carbons (Fsp3) is 0.154. The van der Waals surface area contributed by atoms with E-state index in [2.05, 4.69) is 15.3 Å². The fourth-order valence-corrected chi connectivity index (χ4v) is 1.95. The van der Waals surface area contributed by atoms with Crippen LogP contribution in [-0.2, 0) is 0 Å². The number of fused-ring (bicyclic) bond motifs is 1. The molecule has 0 atom stereocenters. The second kappa shape index (κ2) is 4.10. The van der Waals surface area contributed by atoms with Crippen molar-refractivity contribution in [2.24, 2.45) is 0 Å². The first-order valence-electron chi connectivity index (χ1n) is 5.52. The van der Waals surface area contributed by atoms with Crippen molar-refractivity contribution in [2.45, 2.75) is 6.92 Å². The monoisotopic (exact) mass is 241 g/mol. The second-order valence-electron chi connectivity index (χ2n) is 3.98. The highest BCUT2D eigenvalue weighted by atomic mass is 16.6. The highest BCUT2D eigenvalue weighted by Gasteiger charge is 2.11. The summed E-state index contributed by atoms with van der Waals surface area (Å²) < 4.78 is 9.87. The zero-order chi connectivity index (χ0) is 12.5. The third-order valence-corrected chi connectivity index (χ3v) is 2.87. The fourth-order valence-electron chi connectivity index (χ4n) is 1.95. The number of ether oxygens (including phenoxy) is 1. The maximum atomic E-state index is 5.10. The van der Waals surface area contributed by atoms with E-state index in [9.17, 15) is 0 Å². The summed E-state index contributed by atoms with van der Waals surface area (Å²) in [4.78, 5) is 4.22. The van der Waals surface area contributed by atoms with Crippen LogP contribution in [0.3, 0.4) is 0 Å². The number of methoxy groups -OCH3 is 1. The van der Waals surface area contributed by atoms with E-state index in [0.29, 0.717) is 5.88 Å². The van der Waals surface area contributed by atoms with Crippen LogP contribution in [0.5, 0.6) is 5.88 Å². The summed E-state index contributed by atoms with van der Waals surface area (Å²) in [5.41, 5.74) is 4.51. The predicted molar refractivity (Wildman–Crippen MR) is 66.3 cm³/mol. The smallest absolute Gasteiger partial charge is 0.213 e. The van der Waals surface area contributed by atoms with Gasteiger partial charge in [0.1, 0.15) is 11.0 Å². The summed E-state index contributed by atoms with van der Waals surface area (Å²) in [7, 11) is 1.60. The molecule has 2 heterocycles. The molecule has 3 aromatic rings. The van der Waals surface area contributed by atoms with Gasteiger partial charge in [-0.15, -0.1) is 0 Å². The Bertz CT molecular complexity index is 706. The maximum absolute atomic E-state index is 5.10. The van der Waals surface area contributed by atoms with Crippen molar-refractivity contribution in [1.29, 1.82) is 0 Å². The molecule has 0 aliphatic rings. The van der Waals surface area contributed by atoms with Gasteiger partial charge in [-0.25, -0.2) is 9.61 Å². The van der Waals surface area contributed by atoms with Crippen molar-refractivity contribution >= 4 is 11.0 Å². The molecule has 0 saturated carbocycles. The molecule has 0 bridgehead atoms. The third-order valence-electron chi connectivity index (χ3n) is 2.87. The normalized spacial score (nSPS) is 10.8. The first-order chi connectivity index (χ1) is 8.79. The van der Waals surface area contributed by atoms with Gasteiger partial charge in [0.25, 0.3) is 0 Å². The van der Waals surface area contributed by atoms with Crippen LogP contribution in [-0.4, -0.2) is 22.4 Å². The molecule has 0 radical (unpaired) electrons. The Kier molecular flexibility index (Phi) is 2.44. The van der Waals surface area contributed by atoms with Crippen LogP contribution in [0, 0.1) is 6.92 Å². The van der Waals surface area contributed by atoms with Crippen molar-refractivity contribution in [3.63, 3.8) is 0 Å². The highest BCUT2D eigenvalue weighted by molar-refractivity contribution is 5.91. The molecule has 0 aliphatic heterocycles. The molecule has 3 rings (SSSR count). The topological polar surface area (TPSA) is 61.0 Å². The zero-order valence-corrected chi connectivity index (χ0v) is 10.0. The Balaban J connectivity index is 2.23. The van der Waals surface area contributed by atoms with Crippen molar-refractivity contribution in [3.8, 4) is 17.0 Å². The number of aromatic nitrogens is 3. The minimum atomic E-state index is 0.599. The lowest BCUT2D eigenvalue weighted by molar-refractivity contribution is 0.315. The number of pyridine rings is 1. The summed E-state index contributed by atoms with van der Waals surface area (Å²) in [5.74, 6) is 0.599. The van der Waals surface area contributed by atoms with E-state index in [1.807, 2.05) is 31.2 Å². The quantitative estimate of drug-likeness (QED) is 0.690. The van der Waals surface area contributed by atoms with E-state index >= 15 is 0 Å². The summed E-state index contributed by atoms with van der Waals surface area (Å²) in [5, 5.41) is 7.77. The van der Waals surface area contributed by atoms with Gasteiger partial charge in [0.2, 0.25) is 5.88 Å². The van der Waals surface area contributed by atoms with E-state index in [1.54, 1.807) is 13.3 Å². The SMILES string of the molecule is COc1cc(C)c(-c2cccc3nonc23)cn1. The lowest BCUT2D eigenvalue weighted by Crippen LogP contribution is -1.91. The average Bonchev–Trinajstić information content (AvgIpc) is 2.87. The molecule has 0 N–H and O–H groups in total. The largest absolute Gasteiger partial charge is 0.481 e. The van der Waals surface area contributed by atoms with Crippen molar-refractivity contribution in [2.75, 3.05) is 7.11 Å². The molecular formula is C13H11N3O2. The lowest BCUT2D eigenvalue weighted by atomic mass is 10.0. The molecule has 5 nitrogen and oxygen atoms in total. The highest BCUT2D eigenvalue weighted by Crippen LogP contribution is 2.29. The van der Waals surface area contributed by atoms with Crippen molar-refractivity contribution in [1.82, 2.24) is 15.3 Å². The number of aryl methyl sites for hydroxylation is 1. The number of nitrogens with zero attached hydrogens (tertiary/aromatic N) is 3. The minimum Gasteiger partial charge on any atom is -0.481 e. The van der Waals surface area contributed by atoms with Gasteiger partial charge >= 0.3 is 0 Å². The molecule has 2 aromatic heterocycles. The molecule has 5 heteroatoms. The lowest BCUT2D eigenvalue weighted by Gasteiger charge is -2.07. The van der Waals surface area contributed by atoms with Crippen LogP contribution in [0.15, 0.2) is 35.1 Å². The van der Waals surface area contributed by atoms with Crippen LogP contribution in [0.25, 0.3) is 22.2 Å². The van der Waals surface area contributed by atoms with Crippen LogP contribution < -0.4 is 4.74 Å². The molecule has 1 aromatic carbocycles. The van der Waals surface area contributed by atoms with E-state index < -0.39 is 0 Å². The summed E-state index contributed by atoms with van der Waals surface area (Å²) in [6.07, 6.45) is 1.78. The van der Waals surface area contributed by atoms with E-state index in [1.165, 1.54) is 0 Å². The molecular weight excluding hydrogens is 230 g/mol. The molecule has 0 saturated heterocycles. The Hall–Kier alpha value is -2.43. The minimum absolute atomic E-state index is 0.599. The summed E-state index contributed by atoms with van der Waals surface area (Å²) >= 11 is 0. The average molecular weight is 241 g/mol. The second-order valence-corrected chi connectivity index (χ2v) is 3.98. The standard InChI is InChI=1S/C13H11N3O2/c1-8-6-12(17-2)14-7-10(8)9-4-3-5-11-13(9)16-18-15-11/h3-7H,1-2H3. The summed E-state index contributed by atoms with van der Waals surface area (Å²) in [6, 6.07) is 7.65. The molecule has 0 amide bonds. The Morgan fingerprint density at radius 2 is 2.06 bits per heavy atom. The van der Waals surface area contributed by atoms with Gasteiger partial charge in [-0.05, 0) is 28.9 Å². The number of rotatable bonds is 2. The van der Waals surface area contributed by atoms with Gasteiger partial charge in [-0.3, -0.25) is 0 Å². The first kappa shape index (κ1) is 10.7. The number of hydrogen-bond acceptors (Lipinski definition) is 5. The zero-order valence-electron chi connectivity index (χ0n) is 10.0. The van der Waals surface area contributed by atoms with Gasteiger partial charge in [0.15, 0.2) is 0 Å².